The van der Waals surface area contributed by atoms with Crippen LogP contribution in [0, 0.1) is 11.3 Å². The Labute approximate surface area is 146 Å². The van der Waals surface area contributed by atoms with Crippen LogP contribution < -0.4 is 0 Å². The summed E-state index contributed by atoms with van der Waals surface area (Å²) in [7, 11) is 0. The molecule has 1 saturated carbocycles. The van der Waals surface area contributed by atoms with Crippen LogP contribution in [-0.2, 0) is 19.4 Å². The van der Waals surface area contributed by atoms with Crippen molar-refractivity contribution in [3.8, 4) is 0 Å². The summed E-state index contributed by atoms with van der Waals surface area (Å²) in [4.78, 5) is 0. The number of alkyl halides is 2. The van der Waals surface area contributed by atoms with Gasteiger partial charge in [0.1, 0.15) is 0 Å². The van der Waals surface area contributed by atoms with Crippen molar-refractivity contribution in [3.05, 3.63) is 15.9 Å². The minimum absolute atomic E-state index is 0.0000951. The second-order valence-corrected chi connectivity index (χ2v) is 7.49. The SMILES string of the molecule is CCc1nn(CC)c(CC(CCl)(CCl)C2CCCC2)c1Br. The molecule has 120 valence electrons. The zero-order valence-corrected chi connectivity index (χ0v) is 16.1. The van der Waals surface area contributed by atoms with Gasteiger partial charge in [0.2, 0.25) is 0 Å². The van der Waals surface area contributed by atoms with E-state index in [9.17, 15) is 0 Å². The lowest BCUT2D eigenvalue weighted by Gasteiger charge is -2.36. The molecule has 2 rings (SSSR count). The first kappa shape index (κ1) is 17.6. The van der Waals surface area contributed by atoms with Gasteiger partial charge in [-0.15, -0.1) is 23.2 Å². The maximum Gasteiger partial charge on any atom is 0.0766 e. The van der Waals surface area contributed by atoms with E-state index in [1.165, 1.54) is 31.4 Å². The van der Waals surface area contributed by atoms with E-state index in [0.29, 0.717) is 17.7 Å². The fourth-order valence-electron chi connectivity index (χ4n) is 3.55. The Morgan fingerprint density at radius 2 is 1.86 bits per heavy atom. The summed E-state index contributed by atoms with van der Waals surface area (Å²) >= 11 is 16.6. The molecule has 0 unspecified atom stereocenters. The monoisotopic (exact) mass is 394 g/mol. The van der Waals surface area contributed by atoms with E-state index < -0.39 is 0 Å². The number of aryl methyl sites for hydroxylation is 2. The molecule has 1 heterocycles. The van der Waals surface area contributed by atoms with Crippen molar-refractivity contribution in [1.82, 2.24) is 9.78 Å². The first-order chi connectivity index (χ1) is 10.1. The average Bonchev–Trinajstić information content (AvgIpc) is 3.14. The van der Waals surface area contributed by atoms with E-state index in [1.807, 2.05) is 0 Å². The van der Waals surface area contributed by atoms with Crippen molar-refractivity contribution in [1.29, 1.82) is 0 Å². The summed E-state index contributed by atoms with van der Waals surface area (Å²) in [6.45, 7) is 5.17. The highest BCUT2D eigenvalue weighted by molar-refractivity contribution is 9.10. The summed E-state index contributed by atoms with van der Waals surface area (Å²) in [6, 6.07) is 0. The summed E-state index contributed by atoms with van der Waals surface area (Å²) < 4.78 is 3.27. The normalized spacial score (nSPS) is 16.8. The summed E-state index contributed by atoms with van der Waals surface area (Å²) in [6.07, 6.45) is 7.02. The molecular formula is C16H25BrCl2N2. The smallest absolute Gasteiger partial charge is 0.0766 e. The number of rotatable bonds is 7. The van der Waals surface area contributed by atoms with Crippen molar-refractivity contribution in [2.45, 2.75) is 58.9 Å². The zero-order valence-electron chi connectivity index (χ0n) is 13.0. The molecule has 1 fully saturated rings. The van der Waals surface area contributed by atoms with Crippen LogP contribution in [0.2, 0.25) is 0 Å². The predicted molar refractivity (Wildman–Crippen MR) is 94.5 cm³/mol. The second-order valence-electron chi connectivity index (χ2n) is 6.16. The maximum atomic E-state index is 6.41. The molecule has 0 amide bonds. The number of nitrogens with zero attached hydrogens (tertiary/aromatic N) is 2. The lowest BCUT2D eigenvalue weighted by atomic mass is 9.74. The molecule has 1 aliphatic carbocycles. The third-order valence-corrected chi connectivity index (χ3v) is 6.95. The van der Waals surface area contributed by atoms with Gasteiger partial charge in [-0.05, 0) is 54.5 Å². The van der Waals surface area contributed by atoms with Gasteiger partial charge in [-0.1, -0.05) is 19.8 Å². The summed E-state index contributed by atoms with van der Waals surface area (Å²) in [5.74, 6) is 1.90. The molecule has 0 radical (unpaired) electrons. The second kappa shape index (κ2) is 7.70. The topological polar surface area (TPSA) is 17.8 Å². The van der Waals surface area contributed by atoms with Gasteiger partial charge in [-0.25, -0.2) is 0 Å². The van der Waals surface area contributed by atoms with Crippen molar-refractivity contribution in [3.63, 3.8) is 0 Å². The number of hydrogen-bond donors (Lipinski definition) is 0. The Morgan fingerprint density at radius 3 is 2.33 bits per heavy atom. The van der Waals surface area contributed by atoms with Crippen molar-refractivity contribution >= 4 is 39.1 Å². The lowest BCUT2D eigenvalue weighted by Crippen LogP contribution is -2.36. The standard InChI is InChI=1S/C16H25BrCl2N2/c1-3-13-15(17)14(21(4-2)20-13)9-16(10-18,11-19)12-7-5-6-8-12/h12H,3-11H2,1-2H3. The Balaban J connectivity index is 2.34. The molecule has 1 aromatic heterocycles. The summed E-state index contributed by atoms with van der Waals surface area (Å²) in [5, 5.41) is 4.71. The molecule has 0 N–H and O–H groups in total. The molecule has 0 spiro atoms. The van der Waals surface area contributed by atoms with Crippen LogP contribution in [0.3, 0.4) is 0 Å². The highest BCUT2D eigenvalue weighted by Gasteiger charge is 2.40. The fourth-order valence-corrected chi connectivity index (χ4v) is 5.17. The highest BCUT2D eigenvalue weighted by Crippen LogP contribution is 2.45. The molecule has 0 bridgehead atoms. The van der Waals surface area contributed by atoms with Crippen LogP contribution in [0.1, 0.15) is 50.9 Å². The van der Waals surface area contributed by atoms with E-state index in [0.717, 1.165) is 29.6 Å². The van der Waals surface area contributed by atoms with Crippen LogP contribution in [0.5, 0.6) is 0 Å². The molecular weight excluding hydrogens is 371 g/mol. The van der Waals surface area contributed by atoms with Crippen LogP contribution in [0.4, 0.5) is 0 Å². The van der Waals surface area contributed by atoms with Crippen LogP contribution >= 0.6 is 39.1 Å². The van der Waals surface area contributed by atoms with Gasteiger partial charge in [-0.2, -0.15) is 5.10 Å². The number of hydrogen-bond acceptors (Lipinski definition) is 1. The third-order valence-electron chi connectivity index (χ3n) is 4.97. The Bertz CT molecular complexity index is 463. The van der Waals surface area contributed by atoms with Gasteiger partial charge < -0.3 is 0 Å². The molecule has 1 aliphatic rings. The van der Waals surface area contributed by atoms with Crippen LogP contribution in [0.25, 0.3) is 0 Å². The first-order valence-electron chi connectivity index (χ1n) is 7.97. The van der Waals surface area contributed by atoms with Gasteiger partial charge in [-0.3, -0.25) is 4.68 Å². The van der Waals surface area contributed by atoms with Gasteiger partial charge in [0.25, 0.3) is 0 Å². The van der Waals surface area contributed by atoms with E-state index in [4.69, 9.17) is 28.3 Å². The Morgan fingerprint density at radius 1 is 1.24 bits per heavy atom. The lowest BCUT2D eigenvalue weighted by molar-refractivity contribution is 0.219. The van der Waals surface area contributed by atoms with Crippen molar-refractivity contribution in [2.75, 3.05) is 11.8 Å². The molecule has 2 nitrogen and oxygen atoms in total. The average molecular weight is 396 g/mol. The molecule has 0 aliphatic heterocycles. The minimum Gasteiger partial charge on any atom is -0.268 e. The molecule has 0 saturated heterocycles. The van der Waals surface area contributed by atoms with Crippen molar-refractivity contribution in [2.24, 2.45) is 11.3 Å². The van der Waals surface area contributed by atoms with E-state index in [-0.39, 0.29) is 5.41 Å². The Hall–Kier alpha value is 0.270. The van der Waals surface area contributed by atoms with Gasteiger partial charge >= 0.3 is 0 Å². The third kappa shape index (κ3) is 3.45. The fraction of sp³-hybridized carbons (Fsp3) is 0.812. The molecule has 1 aromatic rings. The van der Waals surface area contributed by atoms with Gasteiger partial charge in [0, 0.05) is 23.7 Å². The van der Waals surface area contributed by atoms with Gasteiger partial charge in [0.15, 0.2) is 0 Å². The number of aromatic nitrogens is 2. The van der Waals surface area contributed by atoms with Crippen LogP contribution in [0.15, 0.2) is 4.47 Å². The van der Waals surface area contributed by atoms with E-state index in [1.54, 1.807) is 0 Å². The Kier molecular flexibility index (Phi) is 6.46. The maximum absolute atomic E-state index is 6.41. The largest absolute Gasteiger partial charge is 0.268 e. The molecule has 0 atom stereocenters. The van der Waals surface area contributed by atoms with Crippen LogP contribution in [-0.4, -0.2) is 21.5 Å². The van der Waals surface area contributed by atoms with E-state index in [2.05, 4.69) is 34.5 Å². The summed E-state index contributed by atoms with van der Waals surface area (Å²) in [5.41, 5.74) is 2.40. The van der Waals surface area contributed by atoms with Crippen molar-refractivity contribution < 1.29 is 0 Å². The highest BCUT2D eigenvalue weighted by atomic mass is 79.9. The minimum atomic E-state index is 0.0000951. The molecule has 0 aromatic carbocycles. The number of halogens is 3. The predicted octanol–water partition coefficient (Wildman–Crippen LogP) is 5.42. The van der Waals surface area contributed by atoms with E-state index >= 15 is 0 Å². The van der Waals surface area contributed by atoms with Gasteiger partial charge in [0.05, 0.1) is 15.9 Å². The molecule has 21 heavy (non-hydrogen) atoms. The zero-order chi connectivity index (χ0) is 15.5. The quantitative estimate of drug-likeness (QED) is 0.563. The molecule has 5 heteroatoms. The first-order valence-corrected chi connectivity index (χ1v) is 9.84.